The molecule has 2 aromatic rings. The number of pyridine rings is 1. The number of rotatable bonds is 5. The van der Waals surface area contributed by atoms with Gasteiger partial charge < -0.3 is 5.32 Å². The topological polar surface area (TPSA) is 59.1 Å². The fourth-order valence-corrected chi connectivity index (χ4v) is 2.93. The number of nitrogens with zero attached hydrogens (tertiary/aromatic N) is 1. The van der Waals surface area contributed by atoms with E-state index in [0.29, 0.717) is 17.1 Å². The Morgan fingerprint density at radius 1 is 1.15 bits per heavy atom. The van der Waals surface area contributed by atoms with Crippen LogP contribution in [-0.4, -0.2) is 19.7 Å². The van der Waals surface area contributed by atoms with Gasteiger partial charge >= 0.3 is 0 Å². The Morgan fingerprint density at radius 2 is 1.90 bits per heavy atom. The molecule has 1 aromatic heterocycles. The molecule has 0 radical (unpaired) electrons. The quantitative estimate of drug-likeness (QED) is 0.919. The van der Waals surface area contributed by atoms with Gasteiger partial charge in [0.15, 0.2) is 9.84 Å². The number of hydrogen-bond donors (Lipinski definition) is 1. The largest absolute Gasteiger partial charge is 0.378 e. The maximum atomic E-state index is 11.7. The lowest BCUT2D eigenvalue weighted by atomic mass is 10.1. The van der Waals surface area contributed by atoms with E-state index in [0.717, 1.165) is 17.7 Å². The van der Waals surface area contributed by atoms with E-state index >= 15 is 0 Å². The molecule has 0 fully saturated rings. The van der Waals surface area contributed by atoms with Gasteiger partial charge in [-0.3, -0.25) is 4.98 Å². The van der Waals surface area contributed by atoms with Gasteiger partial charge in [-0.15, -0.1) is 0 Å². The van der Waals surface area contributed by atoms with Crippen molar-refractivity contribution in [3.05, 3.63) is 53.9 Å². The van der Waals surface area contributed by atoms with E-state index < -0.39 is 9.84 Å². The summed E-state index contributed by atoms with van der Waals surface area (Å²) >= 11 is 0. The second-order valence-electron chi connectivity index (χ2n) is 4.58. The number of para-hydroxylation sites is 1. The van der Waals surface area contributed by atoms with Crippen LogP contribution in [0.2, 0.25) is 0 Å². The highest BCUT2D eigenvalue weighted by atomic mass is 32.2. The molecule has 1 aromatic carbocycles. The molecule has 0 saturated heterocycles. The van der Waals surface area contributed by atoms with Crippen LogP contribution in [0, 0.1) is 0 Å². The summed E-state index contributed by atoms with van der Waals surface area (Å²) in [4.78, 5) is 4.66. The van der Waals surface area contributed by atoms with Gasteiger partial charge in [0.1, 0.15) is 0 Å². The van der Waals surface area contributed by atoms with Crippen molar-refractivity contribution in [1.29, 1.82) is 0 Å². The highest BCUT2D eigenvalue weighted by Crippen LogP contribution is 2.21. The molecule has 106 valence electrons. The van der Waals surface area contributed by atoms with Crippen LogP contribution in [0.15, 0.2) is 47.5 Å². The Labute approximate surface area is 119 Å². The Bertz CT molecular complexity index is 697. The summed E-state index contributed by atoms with van der Waals surface area (Å²) in [5.74, 6) is 0. The summed E-state index contributed by atoms with van der Waals surface area (Å²) in [6.45, 7) is 2.58. The lowest BCUT2D eigenvalue weighted by Gasteiger charge is -2.12. The number of aromatic nitrogens is 1. The van der Waals surface area contributed by atoms with Crippen molar-refractivity contribution in [3.63, 3.8) is 0 Å². The average molecular weight is 290 g/mol. The molecule has 0 spiro atoms. The van der Waals surface area contributed by atoms with Gasteiger partial charge in [-0.2, -0.15) is 0 Å². The zero-order chi connectivity index (χ0) is 14.6. The summed E-state index contributed by atoms with van der Waals surface area (Å²) in [5, 5.41) is 3.17. The summed E-state index contributed by atoms with van der Waals surface area (Å²) in [5.41, 5.74) is 2.72. The van der Waals surface area contributed by atoms with Crippen LogP contribution in [0.1, 0.15) is 18.2 Å². The van der Waals surface area contributed by atoms with E-state index in [1.54, 1.807) is 24.4 Å². The smallest absolute Gasteiger partial charge is 0.177 e. The molecule has 0 bridgehead atoms. The molecule has 20 heavy (non-hydrogen) atoms. The predicted molar refractivity (Wildman–Crippen MR) is 80.5 cm³/mol. The molecular formula is C15H18N2O2S. The first-order valence-corrected chi connectivity index (χ1v) is 8.37. The molecule has 1 N–H and O–H groups in total. The lowest BCUT2D eigenvalue weighted by Crippen LogP contribution is -2.08. The van der Waals surface area contributed by atoms with Crippen LogP contribution in [0.5, 0.6) is 0 Å². The van der Waals surface area contributed by atoms with Crippen molar-refractivity contribution >= 4 is 15.5 Å². The van der Waals surface area contributed by atoms with E-state index in [9.17, 15) is 8.42 Å². The van der Waals surface area contributed by atoms with Crippen molar-refractivity contribution in [2.24, 2.45) is 0 Å². The number of benzene rings is 1. The predicted octanol–water partition coefficient (Wildman–Crippen LogP) is 2.66. The third-order valence-electron chi connectivity index (χ3n) is 3.10. The van der Waals surface area contributed by atoms with E-state index in [1.165, 1.54) is 6.26 Å². The van der Waals surface area contributed by atoms with Gasteiger partial charge in [-0.05, 0) is 30.2 Å². The SMILES string of the molecule is CCc1cccnc1CNc1ccccc1S(C)(=O)=O. The second-order valence-corrected chi connectivity index (χ2v) is 6.57. The van der Waals surface area contributed by atoms with Crippen molar-refractivity contribution in [2.45, 2.75) is 24.8 Å². The van der Waals surface area contributed by atoms with Crippen molar-refractivity contribution in [2.75, 3.05) is 11.6 Å². The molecule has 0 amide bonds. The monoisotopic (exact) mass is 290 g/mol. The standard InChI is InChI=1S/C15H18N2O2S/c1-3-12-7-6-10-16-14(12)11-17-13-8-4-5-9-15(13)20(2,18)19/h4-10,17H,3,11H2,1-2H3. The van der Waals surface area contributed by atoms with Crippen molar-refractivity contribution < 1.29 is 8.42 Å². The van der Waals surface area contributed by atoms with E-state index in [1.807, 2.05) is 18.2 Å². The van der Waals surface area contributed by atoms with E-state index in [-0.39, 0.29) is 0 Å². The van der Waals surface area contributed by atoms with Crippen molar-refractivity contribution in [1.82, 2.24) is 4.98 Å². The maximum absolute atomic E-state index is 11.7. The molecule has 1 heterocycles. The number of nitrogens with one attached hydrogen (secondary N) is 1. The Balaban J connectivity index is 2.24. The molecule has 0 aliphatic rings. The van der Waals surface area contributed by atoms with Crippen LogP contribution >= 0.6 is 0 Å². The van der Waals surface area contributed by atoms with Crippen molar-refractivity contribution in [3.8, 4) is 0 Å². The second kappa shape index (κ2) is 6.05. The third-order valence-corrected chi connectivity index (χ3v) is 4.25. The van der Waals surface area contributed by atoms with Gasteiger partial charge in [0, 0.05) is 12.5 Å². The molecule has 5 heteroatoms. The average Bonchev–Trinajstić information content (AvgIpc) is 2.44. The Kier molecular flexibility index (Phi) is 4.39. The summed E-state index contributed by atoms with van der Waals surface area (Å²) in [7, 11) is -3.24. The number of sulfone groups is 1. The molecule has 0 aliphatic carbocycles. The maximum Gasteiger partial charge on any atom is 0.177 e. The Hall–Kier alpha value is -1.88. The summed E-state index contributed by atoms with van der Waals surface area (Å²) in [6, 6.07) is 10.9. The van der Waals surface area contributed by atoms with Crippen LogP contribution < -0.4 is 5.32 Å². The van der Waals surface area contributed by atoms with Crippen LogP contribution in [0.3, 0.4) is 0 Å². The van der Waals surface area contributed by atoms with E-state index in [4.69, 9.17) is 0 Å². The first kappa shape index (κ1) is 14.5. The number of anilines is 1. The zero-order valence-electron chi connectivity index (χ0n) is 11.6. The minimum Gasteiger partial charge on any atom is -0.378 e. The molecule has 0 aliphatic heterocycles. The third kappa shape index (κ3) is 3.36. The molecule has 4 nitrogen and oxygen atoms in total. The zero-order valence-corrected chi connectivity index (χ0v) is 12.4. The van der Waals surface area contributed by atoms with Crippen LogP contribution in [-0.2, 0) is 22.8 Å². The molecule has 0 unspecified atom stereocenters. The first-order chi connectivity index (χ1) is 9.52. The fraction of sp³-hybridized carbons (Fsp3) is 0.267. The molecule has 2 rings (SSSR count). The van der Waals surface area contributed by atoms with Gasteiger partial charge in [0.25, 0.3) is 0 Å². The van der Waals surface area contributed by atoms with Gasteiger partial charge in [-0.25, -0.2) is 8.42 Å². The minimum absolute atomic E-state index is 0.314. The summed E-state index contributed by atoms with van der Waals surface area (Å²) in [6.07, 6.45) is 3.86. The lowest BCUT2D eigenvalue weighted by molar-refractivity contribution is 0.602. The fourth-order valence-electron chi connectivity index (χ4n) is 2.07. The van der Waals surface area contributed by atoms with Crippen LogP contribution in [0.4, 0.5) is 5.69 Å². The number of hydrogen-bond acceptors (Lipinski definition) is 4. The van der Waals surface area contributed by atoms with Crippen LogP contribution in [0.25, 0.3) is 0 Å². The van der Waals surface area contributed by atoms with Gasteiger partial charge in [0.05, 0.1) is 22.8 Å². The molecular weight excluding hydrogens is 272 g/mol. The minimum atomic E-state index is -3.24. The normalized spacial score (nSPS) is 11.3. The first-order valence-electron chi connectivity index (χ1n) is 6.48. The highest BCUT2D eigenvalue weighted by molar-refractivity contribution is 7.90. The molecule has 0 atom stereocenters. The highest BCUT2D eigenvalue weighted by Gasteiger charge is 2.12. The molecule has 0 saturated carbocycles. The van der Waals surface area contributed by atoms with Gasteiger partial charge in [0.2, 0.25) is 0 Å². The van der Waals surface area contributed by atoms with Gasteiger partial charge in [-0.1, -0.05) is 25.1 Å². The number of aryl methyl sites for hydroxylation is 1. The summed E-state index contributed by atoms with van der Waals surface area (Å²) < 4.78 is 23.5. The Morgan fingerprint density at radius 3 is 2.60 bits per heavy atom. The van der Waals surface area contributed by atoms with E-state index in [2.05, 4.69) is 17.2 Å².